The molecule has 0 saturated carbocycles. The summed E-state index contributed by atoms with van der Waals surface area (Å²) in [5, 5.41) is 18.3. The van der Waals surface area contributed by atoms with Crippen molar-refractivity contribution < 1.29 is 9.90 Å². The fourth-order valence-electron chi connectivity index (χ4n) is 4.24. The number of carbonyl (C=O) groups excluding carboxylic acids is 1. The molecular weight excluding hydrogens is 380 g/mol. The van der Waals surface area contributed by atoms with Gasteiger partial charge in [0.1, 0.15) is 22.8 Å². The lowest BCUT2D eigenvalue weighted by Crippen LogP contribution is -2.27. The summed E-state index contributed by atoms with van der Waals surface area (Å²) in [5.74, 6) is -0.0884. The largest absolute Gasteiger partial charge is 0.508 e. The molecule has 2 aromatic heterocycles. The number of pyridine rings is 1. The minimum absolute atomic E-state index is 0.126. The molecule has 1 aromatic carbocycles. The van der Waals surface area contributed by atoms with E-state index in [1.165, 1.54) is 4.68 Å². The van der Waals surface area contributed by atoms with Crippen LogP contribution in [-0.2, 0) is 0 Å². The van der Waals surface area contributed by atoms with E-state index in [4.69, 9.17) is 16.6 Å². The predicted molar refractivity (Wildman–Crippen MR) is 116 cm³/mol. The third kappa shape index (κ3) is 3.29. The van der Waals surface area contributed by atoms with Crippen LogP contribution in [0, 0.1) is 13.8 Å². The summed E-state index contributed by atoms with van der Waals surface area (Å²) in [5.41, 5.74) is 16.4. The van der Waals surface area contributed by atoms with Gasteiger partial charge in [0.15, 0.2) is 0 Å². The van der Waals surface area contributed by atoms with Crippen LogP contribution in [-0.4, -0.2) is 38.9 Å². The van der Waals surface area contributed by atoms with Gasteiger partial charge in [0.05, 0.1) is 11.4 Å². The number of nitrogens with one attached hydrogen (secondary N) is 1. The minimum Gasteiger partial charge on any atom is -0.508 e. The summed E-state index contributed by atoms with van der Waals surface area (Å²) in [4.78, 5) is 17.0. The van der Waals surface area contributed by atoms with Crippen LogP contribution in [0.3, 0.4) is 0 Å². The number of aromatic nitrogens is 3. The number of phenols is 1. The van der Waals surface area contributed by atoms with Gasteiger partial charge in [-0.25, -0.2) is 4.68 Å². The maximum absolute atomic E-state index is 12.4. The Labute approximate surface area is 174 Å². The van der Waals surface area contributed by atoms with Gasteiger partial charge in [-0.1, -0.05) is 12.1 Å². The lowest BCUT2D eigenvalue weighted by molar-refractivity contribution is 0.100. The van der Waals surface area contributed by atoms with E-state index in [2.05, 4.69) is 10.3 Å². The highest BCUT2D eigenvalue weighted by Gasteiger charge is 2.28. The van der Waals surface area contributed by atoms with Crippen molar-refractivity contribution in [2.24, 2.45) is 5.73 Å². The number of anilines is 1. The Morgan fingerprint density at radius 2 is 1.93 bits per heavy atom. The first-order valence-electron chi connectivity index (χ1n) is 10.0. The first-order valence-corrected chi connectivity index (χ1v) is 10.0. The number of nitrogens with zero attached hydrogens (tertiary/aromatic N) is 3. The van der Waals surface area contributed by atoms with Gasteiger partial charge in [-0.15, -0.1) is 0 Å². The van der Waals surface area contributed by atoms with E-state index in [9.17, 15) is 9.90 Å². The van der Waals surface area contributed by atoms with Crippen LogP contribution in [0.25, 0.3) is 17.1 Å². The van der Waals surface area contributed by atoms with E-state index in [0.717, 1.165) is 37.1 Å². The molecule has 8 heteroatoms. The number of rotatable bonds is 4. The van der Waals surface area contributed by atoms with Gasteiger partial charge in [-0.05, 0) is 69.0 Å². The zero-order valence-electron chi connectivity index (χ0n) is 17.1. The predicted octanol–water partition coefficient (Wildman–Crippen LogP) is 2.40. The summed E-state index contributed by atoms with van der Waals surface area (Å²) in [6, 6.07) is 7.33. The molecule has 1 aliphatic rings. The molecule has 1 aliphatic heterocycles. The monoisotopic (exact) mass is 406 g/mol. The molecular formula is C22H26N6O2. The van der Waals surface area contributed by atoms with Gasteiger partial charge >= 0.3 is 0 Å². The third-order valence-electron chi connectivity index (χ3n) is 5.83. The Hall–Kier alpha value is -3.39. The molecule has 0 radical (unpaired) electrons. The van der Waals surface area contributed by atoms with Crippen molar-refractivity contribution in [3.63, 3.8) is 0 Å². The van der Waals surface area contributed by atoms with E-state index >= 15 is 0 Å². The number of aromatic hydroxyl groups is 1. The molecule has 0 spiro atoms. The van der Waals surface area contributed by atoms with Crippen molar-refractivity contribution in [1.29, 1.82) is 0 Å². The lowest BCUT2D eigenvalue weighted by Gasteiger charge is -2.24. The van der Waals surface area contributed by atoms with E-state index in [0.29, 0.717) is 28.6 Å². The second kappa shape index (κ2) is 7.79. The molecule has 1 saturated heterocycles. The minimum atomic E-state index is -0.661. The van der Waals surface area contributed by atoms with Gasteiger partial charge in [0.2, 0.25) is 0 Å². The van der Waals surface area contributed by atoms with Crippen LogP contribution in [0.15, 0.2) is 30.5 Å². The molecule has 0 aliphatic carbocycles. The van der Waals surface area contributed by atoms with Crippen LogP contribution in [0.5, 0.6) is 5.75 Å². The number of phenolic OH excluding ortho intramolecular Hbond substituents is 1. The van der Waals surface area contributed by atoms with Crippen LogP contribution in [0.4, 0.5) is 5.82 Å². The van der Waals surface area contributed by atoms with Gasteiger partial charge in [-0.3, -0.25) is 9.78 Å². The summed E-state index contributed by atoms with van der Waals surface area (Å²) in [6.07, 6.45) is 3.64. The number of nitrogen functional groups attached to an aromatic ring is 1. The molecule has 0 atom stereocenters. The second-order valence-corrected chi connectivity index (χ2v) is 7.73. The summed E-state index contributed by atoms with van der Waals surface area (Å²) < 4.78 is 1.49. The zero-order valence-corrected chi connectivity index (χ0v) is 17.1. The molecule has 0 unspecified atom stereocenters. The number of carbonyl (C=O) groups is 1. The molecule has 6 N–H and O–H groups in total. The summed E-state index contributed by atoms with van der Waals surface area (Å²) in [7, 11) is 0. The molecule has 3 aromatic rings. The SMILES string of the molecule is Cc1ccc(O)c(C)c1-n1nc(-c2ncccc2C2CCNCC2)c(C(N)=O)c1N. The Balaban J connectivity index is 1.95. The van der Waals surface area contributed by atoms with Gasteiger partial charge in [0, 0.05) is 11.8 Å². The van der Waals surface area contributed by atoms with Gasteiger partial charge < -0.3 is 21.9 Å². The van der Waals surface area contributed by atoms with Gasteiger partial charge in [0.25, 0.3) is 5.91 Å². The van der Waals surface area contributed by atoms with Crippen molar-refractivity contribution in [2.45, 2.75) is 32.6 Å². The normalized spacial score (nSPS) is 14.7. The first-order chi connectivity index (χ1) is 14.4. The number of nitrogens with two attached hydrogens (primary N) is 2. The average Bonchev–Trinajstić information content (AvgIpc) is 3.09. The number of aryl methyl sites for hydroxylation is 1. The van der Waals surface area contributed by atoms with Crippen LogP contribution in [0.2, 0.25) is 0 Å². The number of hydrogen-bond donors (Lipinski definition) is 4. The second-order valence-electron chi connectivity index (χ2n) is 7.73. The number of piperidine rings is 1. The lowest BCUT2D eigenvalue weighted by atomic mass is 9.88. The van der Waals surface area contributed by atoms with Crippen molar-refractivity contribution in [3.05, 3.63) is 52.7 Å². The van der Waals surface area contributed by atoms with Gasteiger partial charge in [-0.2, -0.15) is 5.10 Å². The molecule has 1 amide bonds. The fourth-order valence-corrected chi connectivity index (χ4v) is 4.24. The van der Waals surface area contributed by atoms with Crippen molar-refractivity contribution in [2.75, 3.05) is 18.8 Å². The number of benzene rings is 1. The highest BCUT2D eigenvalue weighted by Crippen LogP contribution is 2.37. The van der Waals surface area contributed by atoms with Crippen molar-refractivity contribution in [3.8, 4) is 22.8 Å². The topological polar surface area (TPSA) is 132 Å². The smallest absolute Gasteiger partial charge is 0.254 e. The fraction of sp³-hybridized carbons (Fsp3) is 0.318. The quantitative estimate of drug-likeness (QED) is 0.526. The summed E-state index contributed by atoms with van der Waals surface area (Å²) in [6.45, 7) is 5.54. The number of primary amides is 1. The van der Waals surface area contributed by atoms with Crippen LogP contribution < -0.4 is 16.8 Å². The van der Waals surface area contributed by atoms with E-state index in [1.54, 1.807) is 25.3 Å². The Bertz CT molecular complexity index is 1120. The zero-order chi connectivity index (χ0) is 21.4. The van der Waals surface area contributed by atoms with E-state index < -0.39 is 5.91 Å². The first kappa shape index (κ1) is 19.9. The van der Waals surface area contributed by atoms with Crippen LogP contribution in [0.1, 0.15) is 45.8 Å². The van der Waals surface area contributed by atoms with Crippen molar-refractivity contribution >= 4 is 11.7 Å². The molecule has 156 valence electrons. The standard InChI is InChI=1S/C22H26N6O2/c1-12-5-6-16(29)13(2)20(12)28-21(23)17(22(24)30)19(27-28)18-15(4-3-9-26-18)14-7-10-25-11-8-14/h3-6,9,14,25,29H,7-8,10-11,23H2,1-2H3,(H2,24,30). The molecule has 0 bridgehead atoms. The maximum atomic E-state index is 12.4. The highest BCUT2D eigenvalue weighted by molar-refractivity contribution is 6.03. The Morgan fingerprint density at radius 1 is 1.20 bits per heavy atom. The third-order valence-corrected chi connectivity index (χ3v) is 5.83. The molecule has 3 heterocycles. The number of amides is 1. The Morgan fingerprint density at radius 3 is 2.63 bits per heavy atom. The number of hydrogen-bond acceptors (Lipinski definition) is 6. The van der Waals surface area contributed by atoms with E-state index in [-0.39, 0.29) is 17.1 Å². The van der Waals surface area contributed by atoms with E-state index in [1.807, 2.05) is 19.1 Å². The molecule has 1 fully saturated rings. The molecule has 4 rings (SSSR count). The van der Waals surface area contributed by atoms with Crippen LogP contribution >= 0.6 is 0 Å². The maximum Gasteiger partial charge on any atom is 0.254 e. The van der Waals surface area contributed by atoms with Crippen molar-refractivity contribution in [1.82, 2.24) is 20.1 Å². The average molecular weight is 406 g/mol. The molecule has 30 heavy (non-hydrogen) atoms. The summed E-state index contributed by atoms with van der Waals surface area (Å²) >= 11 is 0. The highest BCUT2D eigenvalue weighted by atomic mass is 16.3. The molecule has 8 nitrogen and oxygen atoms in total. The Kier molecular flexibility index (Phi) is 5.17.